The van der Waals surface area contributed by atoms with Crippen LogP contribution < -0.4 is 0 Å². The van der Waals surface area contributed by atoms with Gasteiger partial charge in [-0.05, 0) is 12.8 Å². The molecule has 1 heterocycles. The molecule has 1 atom stereocenters. The standard InChI is InChI=1S/C10H15NO3/c1-2-4-8(10(13)14)7-11-6-3-5-9(11)12/h2,8H,1,3-7H2,(H,13,14). The highest BCUT2D eigenvalue weighted by Gasteiger charge is 2.26. The van der Waals surface area contributed by atoms with Crippen LogP contribution in [0.25, 0.3) is 0 Å². The van der Waals surface area contributed by atoms with E-state index in [1.165, 1.54) is 0 Å². The maximum absolute atomic E-state index is 11.2. The van der Waals surface area contributed by atoms with Gasteiger partial charge in [0.2, 0.25) is 5.91 Å². The second-order valence-electron chi connectivity index (χ2n) is 3.50. The Labute approximate surface area is 83.2 Å². The van der Waals surface area contributed by atoms with Crippen LogP contribution in [0.4, 0.5) is 0 Å². The van der Waals surface area contributed by atoms with Gasteiger partial charge in [-0.2, -0.15) is 0 Å². The Morgan fingerprint density at radius 3 is 2.86 bits per heavy atom. The zero-order valence-electron chi connectivity index (χ0n) is 8.11. The van der Waals surface area contributed by atoms with Crippen LogP contribution in [-0.4, -0.2) is 35.0 Å². The van der Waals surface area contributed by atoms with E-state index in [-0.39, 0.29) is 5.91 Å². The van der Waals surface area contributed by atoms with E-state index < -0.39 is 11.9 Å². The summed E-state index contributed by atoms with van der Waals surface area (Å²) < 4.78 is 0. The maximum atomic E-state index is 11.2. The summed E-state index contributed by atoms with van der Waals surface area (Å²) in [5.74, 6) is -1.29. The van der Waals surface area contributed by atoms with E-state index in [1.807, 2.05) is 0 Å². The normalized spacial score (nSPS) is 18.3. The number of aliphatic carboxylic acids is 1. The number of nitrogens with zero attached hydrogens (tertiary/aromatic N) is 1. The lowest BCUT2D eigenvalue weighted by Crippen LogP contribution is -2.33. The monoisotopic (exact) mass is 197 g/mol. The molecule has 1 rings (SSSR count). The van der Waals surface area contributed by atoms with Crippen molar-refractivity contribution in [2.75, 3.05) is 13.1 Å². The third kappa shape index (κ3) is 2.58. The molecule has 1 aliphatic rings. The maximum Gasteiger partial charge on any atom is 0.308 e. The van der Waals surface area contributed by atoms with Crippen molar-refractivity contribution in [2.45, 2.75) is 19.3 Å². The zero-order chi connectivity index (χ0) is 10.6. The average Bonchev–Trinajstić information content (AvgIpc) is 2.51. The molecule has 1 aliphatic heterocycles. The fraction of sp³-hybridized carbons (Fsp3) is 0.600. The number of hydrogen-bond donors (Lipinski definition) is 1. The number of amides is 1. The minimum atomic E-state index is -0.857. The van der Waals surface area contributed by atoms with Gasteiger partial charge in [0.15, 0.2) is 0 Å². The van der Waals surface area contributed by atoms with E-state index in [1.54, 1.807) is 11.0 Å². The van der Waals surface area contributed by atoms with Gasteiger partial charge in [-0.15, -0.1) is 6.58 Å². The number of likely N-dealkylation sites (tertiary alicyclic amines) is 1. The van der Waals surface area contributed by atoms with Crippen LogP contribution in [0.1, 0.15) is 19.3 Å². The molecule has 14 heavy (non-hydrogen) atoms. The Morgan fingerprint density at radius 1 is 1.71 bits per heavy atom. The summed E-state index contributed by atoms with van der Waals surface area (Å²) in [4.78, 5) is 23.7. The Bertz CT molecular complexity index is 250. The van der Waals surface area contributed by atoms with Gasteiger partial charge in [0.05, 0.1) is 5.92 Å². The second kappa shape index (κ2) is 4.79. The highest BCUT2D eigenvalue weighted by atomic mass is 16.4. The number of allylic oxidation sites excluding steroid dienone is 1. The van der Waals surface area contributed by atoms with Crippen molar-refractivity contribution in [3.8, 4) is 0 Å². The Hall–Kier alpha value is -1.32. The molecule has 0 aromatic carbocycles. The van der Waals surface area contributed by atoms with Crippen LogP contribution in [-0.2, 0) is 9.59 Å². The summed E-state index contributed by atoms with van der Waals surface area (Å²) in [6, 6.07) is 0. The highest BCUT2D eigenvalue weighted by molar-refractivity contribution is 5.79. The molecule has 1 N–H and O–H groups in total. The van der Waals surface area contributed by atoms with Gasteiger partial charge in [0.1, 0.15) is 0 Å². The van der Waals surface area contributed by atoms with Crippen LogP contribution in [0.15, 0.2) is 12.7 Å². The van der Waals surface area contributed by atoms with Crippen LogP contribution in [0.3, 0.4) is 0 Å². The summed E-state index contributed by atoms with van der Waals surface area (Å²) in [7, 11) is 0. The van der Waals surface area contributed by atoms with Gasteiger partial charge in [0, 0.05) is 19.5 Å². The van der Waals surface area contributed by atoms with Crippen molar-refractivity contribution in [2.24, 2.45) is 5.92 Å². The van der Waals surface area contributed by atoms with E-state index >= 15 is 0 Å². The number of rotatable bonds is 5. The third-order valence-corrected chi connectivity index (χ3v) is 2.41. The molecule has 4 nitrogen and oxygen atoms in total. The Morgan fingerprint density at radius 2 is 2.43 bits per heavy atom. The lowest BCUT2D eigenvalue weighted by Gasteiger charge is -2.19. The number of hydrogen-bond acceptors (Lipinski definition) is 2. The first-order chi connectivity index (χ1) is 6.65. The largest absolute Gasteiger partial charge is 0.481 e. The summed E-state index contributed by atoms with van der Waals surface area (Å²) in [6.07, 6.45) is 3.40. The molecule has 0 aromatic heterocycles. The Kier molecular flexibility index (Phi) is 3.68. The summed E-state index contributed by atoms with van der Waals surface area (Å²) in [5.41, 5.74) is 0. The SMILES string of the molecule is C=CCC(CN1CCCC1=O)C(=O)O. The minimum absolute atomic E-state index is 0.0697. The molecule has 78 valence electrons. The van der Waals surface area contributed by atoms with Crippen molar-refractivity contribution in [3.63, 3.8) is 0 Å². The van der Waals surface area contributed by atoms with Gasteiger partial charge in [0.25, 0.3) is 0 Å². The predicted molar refractivity (Wildman–Crippen MR) is 51.8 cm³/mol. The highest BCUT2D eigenvalue weighted by Crippen LogP contribution is 2.14. The second-order valence-corrected chi connectivity index (χ2v) is 3.50. The van der Waals surface area contributed by atoms with Crippen molar-refractivity contribution in [1.82, 2.24) is 4.90 Å². The van der Waals surface area contributed by atoms with Crippen LogP contribution in [0, 0.1) is 5.92 Å². The van der Waals surface area contributed by atoms with E-state index in [0.29, 0.717) is 25.9 Å². The molecule has 1 unspecified atom stereocenters. The van der Waals surface area contributed by atoms with Crippen molar-refractivity contribution in [1.29, 1.82) is 0 Å². The molecule has 4 heteroatoms. The molecule has 1 fully saturated rings. The molecule has 0 spiro atoms. The molecular formula is C10H15NO3. The van der Waals surface area contributed by atoms with Crippen LogP contribution in [0.5, 0.6) is 0 Å². The van der Waals surface area contributed by atoms with Crippen molar-refractivity contribution >= 4 is 11.9 Å². The number of carbonyl (C=O) groups excluding carboxylic acids is 1. The third-order valence-electron chi connectivity index (χ3n) is 2.41. The van der Waals surface area contributed by atoms with Gasteiger partial charge >= 0.3 is 5.97 Å². The average molecular weight is 197 g/mol. The predicted octanol–water partition coefficient (Wildman–Crippen LogP) is 0.886. The Balaban J connectivity index is 2.49. The molecule has 0 bridgehead atoms. The quantitative estimate of drug-likeness (QED) is 0.666. The van der Waals surface area contributed by atoms with Crippen molar-refractivity contribution in [3.05, 3.63) is 12.7 Å². The van der Waals surface area contributed by atoms with Gasteiger partial charge in [-0.25, -0.2) is 0 Å². The number of carboxylic acid groups (broad SMARTS) is 1. The van der Waals surface area contributed by atoms with Gasteiger partial charge in [-0.3, -0.25) is 9.59 Å². The molecule has 1 amide bonds. The fourth-order valence-electron chi connectivity index (χ4n) is 1.62. The van der Waals surface area contributed by atoms with Gasteiger partial charge < -0.3 is 10.0 Å². The lowest BCUT2D eigenvalue weighted by atomic mass is 10.1. The molecule has 0 radical (unpaired) electrons. The first-order valence-electron chi connectivity index (χ1n) is 4.76. The van der Waals surface area contributed by atoms with E-state index in [0.717, 1.165) is 6.42 Å². The summed E-state index contributed by atoms with van der Waals surface area (Å²) in [6.45, 7) is 4.52. The van der Waals surface area contributed by atoms with E-state index in [2.05, 4.69) is 6.58 Å². The van der Waals surface area contributed by atoms with Gasteiger partial charge in [-0.1, -0.05) is 6.08 Å². The minimum Gasteiger partial charge on any atom is -0.481 e. The van der Waals surface area contributed by atoms with E-state index in [9.17, 15) is 9.59 Å². The van der Waals surface area contributed by atoms with E-state index in [4.69, 9.17) is 5.11 Å². The molecular weight excluding hydrogens is 182 g/mol. The first kappa shape index (κ1) is 10.8. The molecule has 0 aromatic rings. The lowest BCUT2D eigenvalue weighted by molar-refractivity contribution is -0.143. The zero-order valence-corrected chi connectivity index (χ0v) is 8.11. The number of carboxylic acids is 1. The topological polar surface area (TPSA) is 57.6 Å². The summed E-state index contributed by atoms with van der Waals surface area (Å²) >= 11 is 0. The molecule has 0 saturated carbocycles. The van der Waals surface area contributed by atoms with Crippen molar-refractivity contribution < 1.29 is 14.7 Å². The fourth-order valence-corrected chi connectivity index (χ4v) is 1.62. The molecule has 1 saturated heterocycles. The summed E-state index contributed by atoms with van der Waals surface area (Å²) in [5, 5.41) is 8.87. The van der Waals surface area contributed by atoms with Crippen LogP contribution in [0.2, 0.25) is 0 Å². The number of carbonyl (C=O) groups is 2. The first-order valence-corrected chi connectivity index (χ1v) is 4.76. The smallest absolute Gasteiger partial charge is 0.308 e. The molecule has 0 aliphatic carbocycles. The van der Waals surface area contributed by atoms with Crippen LogP contribution >= 0.6 is 0 Å².